The van der Waals surface area contributed by atoms with E-state index < -0.39 is 0 Å². The van der Waals surface area contributed by atoms with Gasteiger partial charge in [-0.25, -0.2) is 15.0 Å². The average Bonchev–Trinajstić information content (AvgIpc) is 2.65. The van der Waals surface area contributed by atoms with E-state index >= 15 is 0 Å². The van der Waals surface area contributed by atoms with Crippen molar-refractivity contribution in [3.63, 3.8) is 0 Å². The Morgan fingerprint density at radius 3 is 2.78 bits per heavy atom. The van der Waals surface area contributed by atoms with Crippen molar-refractivity contribution >= 4 is 22.1 Å². The zero-order valence-corrected chi connectivity index (χ0v) is 15.0. The summed E-state index contributed by atoms with van der Waals surface area (Å²) in [5.74, 6) is 0.230. The Kier molecular flexibility index (Phi) is 4.23. The molecule has 0 saturated carbocycles. The zero-order valence-electron chi connectivity index (χ0n) is 15.0. The van der Waals surface area contributed by atoms with Crippen molar-refractivity contribution < 1.29 is 5.11 Å². The van der Waals surface area contributed by atoms with Gasteiger partial charge in [0.1, 0.15) is 23.2 Å². The van der Waals surface area contributed by atoms with Crippen LogP contribution in [0.3, 0.4) is 0 Å². The first kappa shape index (κ1) is 17.0. The van der Waals surface area contributed by atoms with E-state index in [1.165, 1.54) is 6.33 Å². The van der Waals surface area contributed by atoms with E-state index in [1.54, 1.807) is 18.3 Å². The first-order valence-corrected chi connectivity index (χ1v) is 8.69. The average molecular weight is 362 g/mol. The molecule has 2 N–H and O–H groups in total. The summed E-state index contributed by atoms with van der Waals surface area (Å²) < 4.78 is 0. The minimum atomic E-state index is -0.167. The van der Waals surface area contributed by atoms with Gasteiger partial charge in [-0.3, -0.25) is 4.79 Å². The predicted molar refractivity (Wildman–Crippen MR) is 101 cm³/mol. The Balaban J connectivity index is 1.63. The van der Waals surface area contributed by atoms with Gasteiger partial charge >= 0.3 is 0 Å². The number of H-pyrrole nitrogens is 1. The monoisotopic (exact) mass is 362 g/mol. The summed E-state index contributed by atoms with van der Waals surface area (Å²) in [5.41, 5.74) is 3.59. The summed E-state index contributed by atoms with van der Waals surface area (Å²) in [6.07, 6.45) is 4.13. The molecule has 0 aliphatic heterocycles. The van der Waals surface area contributed by atoms with Gasteiger partial charge in [-0.05, 0) is 30.9 Å². The van der Waals surface area contributed by atoms with Crippen LogP contribution in [0.15, 0.2) is 35.5 Å². The van der Waals surface area contributed by atoms with Crippen LogP contribution in [0.5, 0.6) is 5.75 Å². The van der Waals surface area contributed by atoms with Crippen molar-refractivity contribution in [3.05, 3.63) is 58.0 Å². The minimum Gasteiger partial charge on any atom is -0.506 e. The van der Waals surface area contributed by atoms with Gasteiger partial charge in [0.25, 0.3) is 5.56 Å². The number of pyridine rings is 2. The van der Waals surface area contributed by atoms with E-state index in [0.717, 1.165) is 11.1 Å². The number of aryl methyl sites for hydroxylation is 2. The maximum atomic E-state index is 12.2. The number of nitrogens with one attached hydrogen (secondary N) is 1. The molecule has 0 fully saturated rings. The maximum Gasteiger partial charge on any atom is 0.252 e. The Labute approximate surface area is 154 Å². The Bertz CT molecular complexity index is 1200. The maximum absolute atomic E-state index is 12.2. The number of aromatic amines is 1. The molecule has 0 aliphatic rings. The highest BCUT2D eigenvalue weighted by Crippen LogP contribution is 2.26. The standard InChI is InChI=1S/C19H18N6O2/c1-10(2)17-16(26)7-15-14(22-17)6-13(24-25-15)4-3-11-5-12-8-20-9-21-18(12)23-19(11)27/h5-10,26H,3-4H2,1-2H3,(H,20,21,23,27). The summed E-state index contributed by atoms with van der Waals surface area (Å²) in [4.78, 5) is 27.5. The van der Waals surface area contributed by atoms with Crippen LogP contribution in [-0.4, -0.2) is 35.2 Å². The van der Waals surface area contributed by atoms with Gasteiger partial charge in [0, 0.05) is 23.2 Å². The summed E-state index contributed by atoms with van der Waals surface area (Å²) in [5, 5.41) is 19.2. The van der Waals surface area contributed by atoms with Crippen molar-refractivity contribution in [2.45, 2.75) is 32.6 Å². The van der Waals surface area contributed by atoms with Crippen LogP contribution in [0.25, 0.3) is 22.1 Å². The van der Waals surface area contributed by atoms with E-state index in [0.29, 0.717) is 40.8 Å². The lowest BCUT2D eigenvalue weighted by molar-refractivity contribution is 0.461. The molecule has 0 aliphatic carbocycles. The topological polar surface area (TPSA) is 118 Å². The number of hydrogen-bond donors (Lipinski definition) is 2. The van der Waals surface area contributed by atoms with Crippen molar-refractivity contribution in [2.24, 2.45) is 0 Å². The van der Waals surface area contributed by atoms with Crippen LogP contribution in [-0.2, 0) is 12.8 Å². The van der Waals surface area contributed by atoms with E-state index in [2.05, 4.69) is 30.1 Å². The molecule has 0 bridgehead atoms. The van der Waals surface area contributed by atoms with Gasteiger partial charge in [0.05, 0.1) is 16.9 Å². The van der Waals surface area contributed by atoms with E-state index in [9.17, 15) is 9.90 Å². The Morgan fingerprint density at radius 1 is 1.11 bits per heavy atom. The molecule has 0 amide bonds. The number of rotatable bonds is 4. The molecule has 8 heteroatoms. The Hall–Kier alpha value is -3.42. The fourth-order valence-electron chi connectivity index (χ4n) is 3.00. The lowest BCUT2D eigenvalue weighted by atomic mass is 10.1. The molecular weight excluding hydrogens is 344 g/mol. The molecule has 0 saturated heterocycles. The molecule has 4 heterocycles. The Morgan fingerprint density at radius 2 is 1.96 bits per heavy atom. The van der Waals surface area contributed by atoms with Crippen LogP contribution >= 0.6 is 0 Å². The molecule has 27 heavy (non-hydrogen) atoms. The van der Waals surface area contributed by atoms with Gasteiger partial charge < -0.3 is 10.1 Å². The summed E-state index contributed by atoms with van der Waals surface area (Å²) in [7, 11) is 0. The number of aromatic nitrogens is 6. The largest absolute Gasteiger partial charge is 0.506 e. The zero-order chi connectivity index (χ0) is 19.0. The fraction of sp³-hybridized carbons (Fsp3) is 0.263. The van der Waals surface area contributed by atoms with E-state index in [4.69, 9.17) is 0 Å². The first-order valence-electron chi connectivity index (χ1n) is 8.69. The SMILES string of the molecule is CC(C)c1nc2cc(CCc3cc4cncnc4[nH]c3=O)nnc2cc1O. The summed E-state index contributed by atoms with van der Waals surface area (Å²) in [6, 6.07) is 5.24. The summed E-state index contributed by atoms with van der Waals surface area (Å²) >= 11 is 0. The molecular formula is C19H18N6O2. The van der Waals surface area contributed by atoms with Crippen molar-refractivity contribution in [2.75, 3.05) is 0 Å². The first-order chi connectivity index (χ1) is 13.0. The normalized spacial score (nSPS) is 11.5. The van der Waals surface area contributed by atoms with Crippen LogP contribution in [0, 0.1) is 0 Å². The van der Waals surface area contributed by atoms with Crippen LogP contribution in [0.4, 0.5) is 0 Å². The van der Waals surface area contributed by atoms with Gasteiger partial charge in [-0.2, -0.15) is 5.10 Å². The third-order valence-electron chi connectivity index (χ3n) is 4.42. The van der Waals surface area contributed by atoms with Gasteiger partial charge in [0.15, 0.2) is 0 Å². The second kappa shape index (κ2) is 6.71. The lowest BCUT2D eigenvalue weighted by Crippen LogP contribution is -2.14. The smallest absolute Gasteiger partial charge is 0.252 e. The van der Waals surface area contributed by atoms with Crippen molar-refractivity contribution in [1.82, 2.24) is 30.1 Å². The molecule has 4 aromatic heterocycles. The predicted octanol–water partition coefficient (Wildman–Crippen LogP) is 2.27. The molecule has 8 nitrogen and oxygen atoms in total. The number of nitrogens with zero attached hydrogens (tertiary/aromatic N) is 5. The number of fused-ring (bicyclic) bond motifs is 2. The second-order valence-electron chi connectivity index (χ2n) is 6.74. The molecule has 0 spiro atoms. The quantitative estimate of drug-likeness (QED) is 0.572. The van der Waals surface area contributed by atoms with E-state index in [-0.39, 0.29) is 17.2 Å². The van der Waals surface area contributed by atoms with E-state index in [1.807, 2.05) is 19.9 Å². The number of hydrogen-bond acceptors (Lipinski definition) is 7. The van der Waals surface area contributed by atoms with Crippen molar-refractivity contribution in [1.29, 1.82) is 0 Å². The van der Waals surface area contributed by atoms with Crippen molar-refractivity contribution in [3.8, 4) is 5.75 Å². The molecule has 0 atom stereocenters. The molecule has 0 radical (unpaired) electrons. The molecule has 136 valence electrons. The summed E-state index contributed by atoms with van der Waals surface area (Å²) in [6.45, 7) is 3.94. The van der Waals surface area contributed by atoms with Gasteiger partial charge in [-0.1, -0.05) is 13.8 Å². The van der Waals surface area contributed by atoms with Crippen LogP contribution < -0.4 is 5.56 Å². The van der Waals surface area contributed by atoms with Gasteiger partial charge in [0.2, 0.25) is 0 Å². The number of aromatic hydroxyl groups is 1. The van der Waals surface area contributed by atoms with Gasteiger partial charge in [-0.15, -0.1) is 5.10 Å². The highest BCUT2D eigenvalue weighted by molar-refractivity contribution is 5.76. The molecule has 0 unspecified atom stereocenters. The molecule has 0 aromatic carbocycles. The van der Waals surface area contributed by atoms with Crippen LogP contribution in [0.1, 0.15) is 36.7 Å². The molecule has 4 aromatic rings. The minimum absolute atomic E-state index is 0.101. The van der Waals surface area contributed by atoms with Crippen LogP contribution in [0.2, 0.25) is 0 Å². The highest BCUT2D eigenvalue weighted by atomic mass is 16.3. The lowest BCUT2D eigenvalue weighted by Gasteiger charge is -2.09. The highest BCUT2D eigenvalue weighted by Gasteiger charge is 2.12. The second-order valence-corrected chi connectivity index (χ2v) is 6.74. The fourth-order valence-corrected chi connectivity index (χ4v) is 3.00. The third-order valence-corrected chi connectivity index (χ3v) is 4.42. The molecule has 4 rings (SSSR count). The third kappa shape index (κ3) is 3.33.